The molecule has 2 N–H and O–H groups in total. The number of cyclic esters (lactones) is 1. The number of carbonyl (C=O) groups is 1. The molecule has 1 spiro atoms. The average molecular weight is 287 g/mol. The zero-order chi connectivity index (χ0) is 15.4. The van der Waals surface area contributed by atoms with E-state index in [2.05, 4.69) is 5.32 Å². The molecule has 2 aliphatic rings. The number of aliphatic hydroxyl groups excluding tert-OH is 1. The maximum Gasteiger partial charge on any atom is 0.349 e. The Hall–Kier alpha value is -2.43. The Morgan fingerprint density at radius 1 is 1.29 bits per heavy atom. The van der Waals surface area contributed by atoms with Gasteiger partial charge < -0.3 is 19.9 Å². The number of hydrogen-bond acceptors (Lipinski definition) is 5. The molecular weight excluding hydrogens is 270 g/mol. The van der Waals surface area contributed by atoms with Crippen LogP contribution in [0.25, 0.3) is 0 Å². The van der Waals surface area contributed by atoms with Gasteiger partial charge in [-0.25, -0.2) is 4.79 Å². The van der Waals surface area contributed by atoms with Crippen molar-refractivity contribution in [3.63, 3.8) is 0 Å². The zero-order valence-electron chi connectivity index (χ0n) is 12.4. The van der Waals surface area contributed by atoms with Crippen LogP contribution in [0.15, 0.2) is 35.3 Å². The van der Waals surface area contributed by atoms with Gasteiger partial charge in [0, 0.05) is 6.08 Å². The second-order valence-corrected chi connectivity index (χ2v) is 5.53. The molecule has 21 heavy (non-hydrogen) atoms. The largest absolute Gasteiger partial charge is 0.512 e. The molecule has 5 nitrogen and oxygen atoms in total. The maximum atomic E-state index is 12.1. The first-order valence-electron chi connectivity index (χ1n) is 6.73. The summed E-state index contributed by atoms with van der Waals surface area (Å²) in [5, 5.41) is 13.1. The zero-order valence-corrected chi connectivity index (χ0v) is 12.4. The lowest BCUT2D eigenvalue weighted by molar-refractivity contribution is -0.138. The van der Waals surface area contributed by atoms with Crippen LogP contribution in [0.3, 0.4) is 0 Å². The molecule has 2 heterocycles. The fraction of sp³-hybridized carbons (Fsp3) is 0.312. The van der Waals surface area contributed by atoms with Crippen LogP contribution in [0.5, 0.6) is 5.75 Å². The first-order chi connectivity index (χ1) is 9.82. The monoisotopic (exact) mass is 287 g/mol. The third kappa shape index (κ3) is 1.96. The molecule has 0 bridgehead atoms. The van der Waals surface area contributed by atoms with Crippen molar-refractivity contribution in [2.45, 2.75) is 33.4 Å². The molecule has 1 atom stereocenters. The molecule has 110 valence electrons. The van der Waals surface area contributed by atoms with Crippen LogP contribution in [-0.4, -0.2) is 16.8 Å². The number of hydrogen-bond donors (Lipinski definition) is 2. The van der Waals surface area contributed by atoms with Gasteiger partial charge in [-0.1, -0.05) is 6.07 Å². The van der Waals surface area contributed by atoms with Gasteiger partial charge in [-0.05, 0) is 44.9 Å². The van der Waals surface area contributed by atoms with E-state index >= 15 is 0 Å². The lowest BCUT2D eigenvalue weighted by Gasteiger charge is -2.31. The Morgan fingerprint density at radius 3 is 2.67 bits per heavy atom. The van der Waals surface area contributed by atoms with Crippen LogP contribution in [-0.2, 0) is 9.53 Å². The van der Waals surface area contributed by atoms with Crippen molar-refractivity contribution >= 4 is 11.7 Å². The van der Waals surface area contributed by atoms with Crippen molar-refractivity contribution < 1.29 is 19.4 Å². The Labute approximate surface area is 122 Å². The number of rotatable bonds is 0. The van der Waals surface area contributed by atoms with E-state index in [1.165, 1.54) is 6.92 Å². The molecular formula is C16H17NO4. The van der Waals surface area contributed by atoms with Crippen molar-refractivity contribution in [1.82, 2.24) is 0 Å². The van der Waals surface area contributed by atoms with E-state index in [9.17, 15) is 9.90 Å². The van der Waals surface area contributed by atoms with Crippen LogP contribution in [0, 0.1) is 13.8 Å². The maximum absolute atomic E-state index is 12.1. The van der Waals surface area contributed by atoms with E-state index in [1.807, 2.05) is 26.0 Å². The number of allylic oxidation sites excluding steroid dienone is 2. The molecule has 0 saturated heterocycles. The molecule has 1 aromatic rings. The van der Waals surface area contributed by atoms with Crippen LogP contribution in [0.4, 0.5) is 5.69 Å². The molecule has 0 aromatic heterocycles. The smallest absolute Gasteiger partial charge is 0.349 e. The van der Waals surface area contributed by atoms with E-state index in [-0.39, 0.29) is 11.3 Å². The fourth-order valence-electron chi connectivity index (χ4n) is 2.90. The Morgan fingerprint density at radius 2 is 2.00 bits per heavy atom. The third-order valence-corrected chi connectivity index (χ3v) is 3.60. The van der Waals surface area contributed by atoms with Gasteiger partial charge in [0.1, 0.15) is 22.8 Å². The summed E-state index contributed by atoms with van der Waals surface area (Å²) in [6, 6.07) is 3.96. The summed E-state index contributed by atoms with van der Waals surface area (Å²) < 4.78 is 11.1. The lowest BCUT2D eigenvalue weighted by Crippen LogP contribution is -2.47. The number of benzene rings is 1. The molecule has 0 aliphatic carbocycles. The normalized spacial score (nSPS) is 25.7. The Kier molecular flexibility index (Phi) is 2.76. The molecule has 1 aromatic carbocycles. The van der Waals surface area contributed by atoms with Gasteiger partial charge in [-0.3, -0.25) is 0 Å². The van der Waals surface area contributed by atoms with Gasteiger partial charge in [0.05, 0.1) is 5.69 Å². The minimum atomic E-state index is -1.21. The number of aliphatic hydroxyl groups is 1. The topological polar surface area (TPSA) is 67.8 Å². The highest BCUT2D eigenvalue weighted by Crippen LogP contribution is 2.46. The van der Waals surface area contributed by atoms with Gasteiger partial charge in [0.15, 0.2) is 0 Å². The number of ether oxygens (including phenoxy) is 2. The molecule has 0 unspecified atom stereocenters. The van der Waals surface area contributed by atoms with Crippen LogP contribution in [0.1, 0.15) is 25.0 Å². The molecule has 2 aliphatic heterocycles. The van der Waals surface area contributed by atoms with Gasteiger partial charge in [-0.2, -0.15) is 0 Å². The molecule has 3 rings (SSSR count). The van der Waals surface area contributed by atoms with E-state index in [0.717, 1.165) is 16.8 Å². The Balaban J connectivity index is 2.19. The summed E-state index contributed by atoms with van der Waals surface area (Å²) >= 11 is 0. The van der Waals surface area contributed by atoms with Crippen molar-refractivity contribution in [3.05, 3.63) is 46.4 Å². The highest BCUT2D eigenvalue weighted by molar-refractivity contribution is 5.95. The molecule has 0 saturated carbocycles. The number of anilines is 1. The minimum Gasteiger partial charge on any atom is -0.512 e. The SMILES string of the molecule is CC1=C[C@]2(Nc3cc(C)cc(C)c3O2)C(=C(C)O)C(=O)O1. The minimum absolute atomic E-state index is 0.0707. The second-order valence-electron chi connectivity index (χ2n) is 5.53. The summed E-state index contributed by atoms with van der Waals surface area (Å²) in [4.78, 5) is 12.1. The van der Waals surface area contributed by atoms with Crippen molar-refractivity contribution in [2.75, 3.05) is 5.32 Å². The Bertz CT molecular complexity index is 713. The van der Waals surface area contributed by atoms with Gasteiger partial charge in [0.2, 0.25) is 5.72 Å². The van der Waals surface area contributed by atoms with E-state index < -0.39 is 11.7 Å². The predicted molar refractivity (Wildman–Crippen MR) is 78.1 cm³/mol. The fourth-order valence-corrected chi connectivity index (χ4v) is 2.90. The third-order valence-electron chi connectivity index (χ3n) is 3.60. The first-order valence-corrected chi connectivity index (χ1v) is 6.73. The summed E-state index contributed by atoms with van der Waals surface area (Å²) in [6.07, 6.45) is 1.66. The quantitative estimate of drug-likeness (QED) is 0.436. The summed E-state index contributed by atoms with van der Waals surface area (Å²) in [5.74, 6) is 0.376. The molecule has 0 radical (unpaired) electrons. The molecule has 5 heteroatoms. The van der Waals surface area contributed by atoms with E-state index in [0.29, 0.717) is 11.5 Å². The second kappa shape index (κ2) is 4.28. The summed E-state index contributed by atoms with van der Waals surface area (Å²) in [5.41, 5.74) is 1.71. The molecule has 0 amide bonds. The highest BCUT2D eigenvalue weighted by Gasteiger charge is 2.49. The van der Waals surface area contributed by atoms with Crippen LogP contribution >= 0.6 is 0 Å². The van der Waals surface area contributed by atoms with Crippen molar-refractivity contribution in [1.29, 1.82) is 0 Å². The summed E-state index contributed by atoms with van der Waals surface area (Å²) in [7, 11) is 0. The first kappa shape index (κ1) is 13.5. The number of aryl methyl sites for hydroxylation is 2. The molecule has 0 fully saturated rings. The van der Waals surface area contributed by atoms with Gasteiger partial charge in [0.25, 0.3) is 0 Å². The number of carbonyl (C=O) groups excluding carboxylic acids is 1. The van der Waals surface area contributed by atoms with Gasteiger partial charge >= 0.3 is 5.97 Å². The number of fused-ring (bicyclic) bond motifs is 1. The van der Waals surface area contributed by atoms with E-state index in [1.54, 1.807) is 13.0 Å². The number of esters is 1. The van der Waals surface area contributed by atoms with Gasteiger partial charge in [-0.15, -0.1) is 0 Å². The van der Waals surface area contributed by atoms with Crippen LogP contribution in [0.2, 0.25) is 0 Å². The summed E-state index contributed by atoms with van der Waals surface area (Å²) in [6.45, 7) is 7.05. The van der Waals surface area contributed by atoms with Crippen molar-refractivity contribution in [2.24, 2.45) is 0 Å². The standard InChI is InChI=1S/C16H17NO4/c1-8-5-9(2)14-12(6-8)17-16(21-14)7-10(3)20-15(19)13(16)11(4)18/h5-7,17-18H,1-4H3/t16-/m1/s1. The number of nitrogens with one attached hydrogen (secondary N) is 1. The predicted octanol–water partition coefficient (Wildman–Crippen LogP) is 3.10. The average Bonchev–Trinajstić information content (AvgIpc) is 2.65. The lowest BCUT2D eigenvalue weighted by atomic mass is 9.98. The highest BCUT2D eigenvalue weighted by atomic mass is 16.6. The van der Waals surface area contributed by atoms with Crippen molar-refractivity contribution in [3.8, 4) is 5.75 Å². The van der Waals surface area contributed by atoms with E-state index in [4.69, 9.17) is 9.47 Å². The van der Waals surface area contributed by atoms with Crippen LogP contribution < -0.4 is 10.1 Å².